The summed E-state index contributed by atoms with van der Waals surface area (Å²) in [7, 11) is 0. The van der Waals surface area contributed by atoms with Crippen LogP contribution in [0.5, 0.6) is 0 Å². The summed E-state index contributed by atoms with van der Waals surface area (Å²) in [6, 6.07) is 0. The zero-order valence-corrected chi connectivity index (χ0v) is 8.43. The number of carbonyl (C=O) groups excluding carboxylic acids is 1. The third-order valence-electron chi connectivity index (χ3n) is 3.78. The molecule has 2 aliphatic carbocycles. The van der Waals surface area contributed by atoms with Crippen molar-refractivity contribution in [2.45, 2.75) is 57.8 Å². The number of hydrogen-bond donors (Lipinski definition) is 0. The molecule has 1 heteroatoms. The summed E-state index contributed by atoms with van der Waals surface area (Å²) in [6.45, 7) is 0. The van der Waals surface area contributed by atoms with Gasteiger partial charge in [0.05, 0.1) is 0 Å². The van der Waals surface area contributed by atoms with Gasteiger partial charge < -0.3 is 0 Å². The van der Waals surface area contributed by atoms with E-state index in [0.717, 1.165) is 12.3 Å². The third kappa shape index (κ3) is 2.32. The van der Waals surface area contributed by atoms with Crippen LogP contribution in [0.3, 0.4) is 0 Å². The van der Waals surface area contributed by atoms with Crippen LogP contribution in [0.2, 0.25) is 0 Å². The molecule has 1 nitrogen and oxygen atoms in total. The zero-order chi connectivity index (χ0) is 9.10. The summed E-state index contributed by atoms with van der Waals surface area (Å²) in [6.07, 6.45) is 11.2. The van der Waals surface area contributed by atoms with Crippen molar-refractivity contribution < 1.29 is 4.79 Å². The van der Waals surface area contributed by atoms with Crippen molar-refractivity contribution in [3.05, 3.63) is 0 Å². The molecule has 13 heavy (non-hydrogen) atoms. The van der Waals surface area contributed by atoms with Gasteiger partial charge in [-0.1, -0.05) is 38.5 Å². The number of ketones is 1. The summed E-state index contributed by atoms with van der Waals surface area (Å²) in [4.78, 5) is 11.8. The summed E-state index contributed by atoms with van der Waals surface area (Å²) >= 11 is 0. The number of carbonyl (C=O) groups is 1. The molecular weight excluding hydrogens is 160 g/mol. The topological polar surface area (TPSA) is 17.1 Å². The number of rotatable bonds is 3. The van der Waals surface area contributed by atoms with Crippen molar-refractivity contribution in [3.63, 3.8) is 0 Å². The van der Waals surface area contributed by atoms with Crippen molar-refractivity contribution in [1.82, 2.24) is 0 Å². The van der Waals surface area contributed by atoms with Crippen LogP contribution in [-0.4, -0.2) is 5.78 Å². The van der Waals surface area contributed by atoms with E-state index in [4.69, 9.17) is 0 Å². The first kappa shape index (κ1) is 9.23. The Balaban J connectivity index is 1.74. The quantitative estimate of drug-likeness (QED) is 0.651. The largest absolute Gasteiger partial charge is 0.299 e. The van der Waals surface area contributed by atoms with E-state index in [-0.39, 0.29) is 0 Å². The maximum Gasteiger partial charge on any atom is 0.136 e. The summed E-state index contributed by atoms with van der Waals surface area (Å²) in [5.41, 5.74) is 0. The van der Waals surface area contributed by atoms with E-state index in [9.17, 15) is 4.79 Å². The molecule has 0 atom stereocenters. The fraction of sp³-hybridized carbons (Fsp3) is 0.917. The molecule has 0 bridgehead atoms. The van der Waals surface area contributed by atoms with Crippen LogP contribution in [-0.2, 0) is 4.79 Å². The van der Waals surface area contributed by atoms with E-state index in [2.05, 4.69) is 0 Å². The average Bonchev–Trinajstić information content (AvgIpc) is 2.12. The Labute approximate surface area is 80.9 Å². The highest BCUT2D eigenvalue weighted by atomic mass is 16.1. The van der Waals surface area contributed by atoms with Crippen molar-refractivity contribution in [1.29, 1.82) is 0 Å². The SMILES string of the molecule is O=C(CC1CCC1)C1CCCCC1. The van der Waals surface area contributed by atoms with Gasteiger partial charge in [-0.15, -0.1) is 0 Å². The van der Waals surface area contributed by atoms with Crippen molar-refractivity contribution in [2.75, 3.05) is 0 Å². The van der Waals surface area contributed by atoms with E-state index in [1.807, 2.05) is 0 Å². The molecule has 0 aromatic rings. The second kappa shape index (κ2) is 4.26. The highest BCUT2D eigenvalue weighted by Gasteiger charge is 2.26. The highest BCUT2D eigenvalue weighted by molar-refractivity contribution is 5.81. The number of Topliss-reactive ketones (excluding diaryl/α,β-unsaturated/α-hetero) is 1. The van der Waals surface area contributed by atoms with Gasteiger partial charge in [-0.25, -0.2) is 0 Å². The number of hydrogen-bond acceptors (Lipinski definition) is 1. The van der Waals surface area contributed by atoms with Crippen LogP contribution >= 0.6 is 0 Å². The average molecular weight is 180 g/mol. The van der Waals surface area contributed by atoms with E-state index in [1.165, 1.54) is 51.4 Å². The van der Waals surface area contributed by atoms with Gasteiger partial charge in [-0.05, 0) is 18.8 Å². The monoisotopic (exact) mass is 180 g/mol. The molecule has 0 unspecified atom stereocenters. The van der Waals surface area contributed by atoms with Crippen LogP contribution in [0.4, 0.5) is 0 Å². The molecule has 2 saturated carbocycles. The molecule has 2 rings (SSSR count). The van der Waals surface area contributed by atoms with Crippen LogP contribution in [0.15, 0.2) is 0 Å². The molecule has 0 aliphatic heterocycles. The van der Waals surface area contributed by atoms with Gasteiger partial charge in [0.2, 0.25) is 0 Å². The van der Waals surface area contributed by atoms with Gasteiger partial charge in [0, 0.05) is 12.3 Å². The maximum atomic E-state index is 11.8. The highest BCUT2D eigenvalue weighted by Crippen LogP contribution is 2.33. The molecule has 0 radical (unpaired) electrons. The first-order valence-electron chi connectivity index (χ1n) is 5.89. The minimum Gasteiger partial charge on any atom is -0.299 e. The predicted molar refractivity (Wildman–Crippen MR) is 53.5 cm³/mol. The lowest BCUT2D eigenvalue weighted by Crippen LogP contribution is -2.23. The molecule has 0 saturated heterocycles. The molecule has 0 aromatic carbocycles. The van der Waals surface area contributed by atoms with Gasteiger partial charge in [0.15, 0.2) is 0 Å². The molecule has 0 N–H and O–H groups in total. The smallest absolute Gasteiger partial charge is 0.136 e. The van der Waals surface area contributed by atoms with Gasteiger partial charge in [-0.3, -0.25) is 4.79 Å². The Morgan fingerprint density at radius 3 is 2.15 bits per heavy atom. The van der Waals surface area contributed by atoms with Gasteiger partial charge in [-0.2, -0.15) is 0 Å². The standard InChI is InChI=1S/C12H20O/c13-12(9-10-5-4-6-10)11-7-2-1-3-8-11/h10-11H,1-9H2. The zero-order valence-electron chi connectivity index (χ0n) is 8.43. The third-order valence-corrected chi connectivity index (χ3v) is 3.78. The minimum absolute atomic E-state index is 0.453. The second-order valence-corrected chi connectivity index (χ2v) is 4.80. The molecule has 0 spiro atoms. The van der Waals surface area contributed by atoms with Crippen molar-refractivity contribution in [2.24, 2.45) is 11.8 Å². The van der Waals surface area contributed by atoms with Crippen LogP contribution < -0.4 is 0 Å². The van der Waals surface area contributed by atoms with Crippen LogP contribution in [0.1, 0.15) is 57.8 Å². The van der Waals surface area contributed by atoms with Gasteiger partial charge in [0.1, 0.15) is 5.78 Å². The Morgan fingerprint density at radius 2 is 1.62 bits per heavy atom. The first-order valence-corrected chi connectivity index (χ1v) is 5.89. The lowest BCUT2D eigenvalue weighted by molar-refractivity contribution is -0.125. The molecule has 0 aromatic heterocycles. The first-order chi connectivity index (χ1) is 6.36. The fourth-order valence-corrected chi connectivity index (χ4v) is 2.57. The lowest BCUT2D eigenvalue weighted by atomic mass is 9.77. The summed E-state index contributed by atoms with van der Waals surface area (Å²) < 4.78 is 0. The Kier molecular flexibility index (Phi) is 3.02. The normalized spacial score (nSPS) is 25.5. The molecular formula is C12H20O. The predicted octanol–water partition coefficient (Wildman–Crippen LogP) is 3.33. The van der Waals surface area contributed by atoms with E-state index in [0.29, 0.717) is 11.7 Å². The summed E-state index contributed by atoms with van der Waals surface area (Å²) in [5.74, 6) is 1.81. The van der Waals surface area contributed by atoms with E-state index < -0.39 is 0 Å². The van der Waals surface area contributed by atoms with Crippen molar-refractivity contribution >= 4 is 5.78 Å². The second-order valence-electron chi connectivity index (χ2n) is 4.80. The van der Waals surface area contributed by atoms with E-state index in [1.54, 1.807) is 0 Å². The Morgan fingerprint density at radius 1 is 0.923 bits per heavy atom. The minimum atomic E-state index is 0.453. The molecule has 0 amide bonds. The molecule has 2 fully saturated rings. The summed E-state index contributed by atoms with van der Waals surface area (Å²) in [5, 5.41) is 0. The van der Waals surface area contributed by atoms with Gasteiger partial charge >= 0.3 is 0 Å². The van der Waals surface area contributed by atoms with Crippen LogP contribution in [0, 0.1) is 11.8 Å². The lowest BCUT2D eigenvalue weighted by Gasteiger charge is -2.27. The Bertz CT molecular complexity index is 176. The van der Waals surface area contributed by atoms with E-state index >= 15 is 0 Å². The van der Waals surface area contributed by atoms with Crippen LogP contribution in [0.25, 0.3) is 0 Å². The van der Waals surface area contributed by atoms with Gasteiger partial charge in [0.25, 0.3) is 0 Å². The Hall–Kier alpha value is -0.330. The molecule has 74 valence electrons. The fourth-order valence-electron chi connectivity index (χ4n) is 2.57. The molecule has 0 heterocycles. The van der Waals surface area contributed by atoms with Crippen molar-refractivity contribution in [3.8, 4) is 0 Å². The molecule has 2 aliphatic rings. The maximum absolute atomic E-state index is 11.8.